The number of carbonyl (C=O) groups is 1. The predicted molar refractivity (Wildman–Crippen MR) is 120 cm³/mol. The van der Waals surface area contributed by atoms with Crippen molar-refractivity contribution in [1.29, 1.82) is 0 Å². The molecule has 2 aliphatic rings. The summed E-state index contributed by atoms with van der Waals surface area (Å²) in [4.78, 5) is 19.4. The largest absolute Gasteiger partial charge is 0.493 e. The number of aryl methyl sites for hydroxylation is 2. The van der Waals surface area contributed by atoms with E-state index in [1.54, 1.807) is 0 Å². The van der Waals surface area contributed by atoms with Gasteiger partial charge in [-0.05, 0) is 42.2 Å². The normalized spacial score (nSPS) is 16.9. The molecule has 4 rings (SSSR count). The summed E-state index contributed by atoms with van der Waals surface area (Å²) in [6, 6.07) is 13.0. The maximum absolute atomic E-state index is 12.7. The second-order valence-electron chi connectivity index (χ2n) is 8.77. The van der Waals surface area contributed by atoms with Crippen molar-refractivity contribution in [2.75, 3.05) is 46.4 Å². The molecule has 0 aromatic heterocycles. The van der Waals surface area contributed by atoms with Crippen molar-refractivity contribution in [2.45, 2.75) is 33.4 Å². The van der Waals surface area contributed by atoms with Crippen molar-refractivity contribution in [3.8, 4) is 5.75 Å². The third-order valence-electron chi connectivity index (χ3n) is 6.32. The number of hydrogen-bond donors (Lipinski definition) is 0. The first-order valence-corrected chi connectivity index (χ1v) is 11.0. The maximum Gasteiger partial charge on any atom is 0.236 e. The molecular weight excluding hydrogens is 374 g/mol. The first kappa shape index (κ1) is 20.9. The van der Waals surface area contributed by atoms with Crippen LogP contribution < -0.4 is 4.74 Å². The van der Waals surface area contributed by atoms with E-state index >= 15 is 0 Å². The van der Waals surface area contributed by atoms with Gasteiger partial charge in [-0.2, -0.15) is 0 Å². The lowest BCUT2D eigenvalue weighted by molar-refractivity contribution is -0.132. The van der Waals surface area contributed by atoms with Crippen LogP contribution in [-0.4, -0.2) is 67.0 Å². The van der Waals surface area contributed by atoms with Crippen LogP contribution in [0.1, 0.15) is 27.8 Å². The van der Waals surface area contributed by atoms with Crippen LogP contribution in [0.15, 0.2) is 36.4 Å². The maximum atomic E-state index is 12.7. The van der Waals surface area contributed by atoms with Crippen molar-refractivity contribution >= 4 is 5.91 Å². The van der Waals surface area contributed by atoms with E-state index in [-0.39, 0.29) is 5.91 Å². The van der Waals surface area contributed by atoms with Crippen molar-refractivity contribution in [3.05, 3.63) is 64.2 Å². The van der Waals surface area contributed by atoms with Crippen molar-refractivity contribution in [3.63, 3.8) is 0 Å². The average molecular weight is 408 g/mol. The van der Waals surface area contributed by atoms with Crippen LogP contribution in [0.3, 0.4) is 0 Å². The molecule has 30 heavy (non-hydrogen) atoms. The fraction of sp³-hybridized carbons (Fsp3) is 0.480. The minimum Gasteiger partial charge on any atom is -0.493 e. The monoisotopic (exact) mass is 407 g/mol. The van der Waals surface area contributed by atoms with Crippen LogP contribution in [0.5, 0.6) is 5.75 Å². The molecule has 160 valence electrons. The van der Waals surface area contributed by atoms with Crippen LogP contribution in [-0.2, 0) is 24.3 Å². The van der Waals surface area contributed by atoms with Gasteiger partial charge in [-0.15, -0.1) is 0 Å². The first-order chi connectivity index (χ1) is 14.5. The molecule has 2 aromatic carbocycles. The van der Waals surface area contributed by atoms with Gasteiger partial charge in [0.05, 0.1) is 13.2 Å². The molecule has 0 spiro atoms. The molecule has 5 heteroatoms. The summed E-state index contributed by atoms with van der Waals surface area (Å²) in [6.07, 6.45) is 1.02. The Morgan fingerprint density at radius 2 is 1.80 bits per heavy atom. The van der Waals surface area contributed by atoms with E-state index in [1.807, 2.05) is 11.9 Å². The molecule has 0 aliphatic carbocycles. The van der Waals surface area contributed by atoms with Crippen LogP contribution in [0.4, 0.5) is 0 Å². The number of fused-ring (bicyclic) bond motifs is 1. The minimum atomic E-state index is 0.196. The van der Waals surface area contributed by atoms with E-state index in [9.17, 15) is 4.79 Å². The molecule has 0 N–H and O–H groups in total. The fourth-order valence-electron chi connectivity index (χ4n) is 4.38. The fourth-order valence-corrected chi connectivity index (χ4v) is 4.38. The van der Waals surface area contributed by atoms with E-state index < -0.39 is 0 Å². The van der Waals surface area contributed by atoms with Crippen LogP contribution in [0.25, 0.3) is 0 Å². The van der Waals surface area contributed by atoms with E-state index in [1.165, 1.54) is 27.8 Å². The number of piperazine rings is 1. The van der Waals surface area contributed by atoms with Gasteiger partial charge in [-0.3, -0.25) is 14.6 Å². The van der Waals surface area contributed by atoms with Gasteiger partial charge in [0.2, 0.25) is 5.91 Å². The number of benzene rings is 2. The van der Waals surface area contributed by atoms with Crippen LogP contribution in [0, 0.1) is 13.8 Å². The number of hydrogen-bond acceptors (Lipinski definition) is 4. The number of amides is 1. The zero-order valence-corrected chi connectivity index (χ0v) is 18.5. The average Bonchev–Trinajstić information content (AvgIpc) is 3.19. The zero-order chi connectivity index (χ0) is 21.1. The lowest BCUT2D eigenvalue weighted by Gasteiger charge is -2.35. The van der Waals surface area contributed by atoms with Gasteiger partial charge >= 0.3 is 0 Å². The molecular formula is C25H33N3O2. The summed E-state index contributed by atoms with van der Waals surface area (Å²) in [5, 5.41) is 0. The second kappa shape index (κ2) is 9.19. The Bertz CT molecular complexity index is 903. The van der Waals surface area contributed by atoms with Crippen LogP contribution >= 0.6 is 0 Å². The van der Waals surface area contributed by atoms with Crippen molar-refractivity contribution < 1.29 is 9.53 Å². The third kappa shape index (κ3) is 5.02. The molecule has 0 bridgehead atoms. The molecule has 2 heterocycles. The molecule has 2 aromatic rings. The lowest BCUT2D eigenvalue weighted by Crippen LogP contribution is -2.49. The molecule has 5 nitrogen and oxygen atoms in total. The molecule has 0 radical (unpaired) electrons. The summed E-state index contributed by atoms with van der Waals surface area (Å²) in [7, 11) is 1.91. The summed E-state index contributed by atoms with van der Waals surface area (Å²) in [5.41, 5.74) is 6.43. The molecule has 0 atom stereocenters. The molecule has 1 fully saturated rings. The van der Waals surface area contributed by atoms with Gasteiger partial charge in [0.1, 0.15) is 5.75 Å². The minimum absolute atomic E-state index is 0.196. The van der Waals surface area contributed by atoms with E-state index in [0.717, 1.165) is 51.5 Å². The highest BCUT2D eigenvalue weighted by Gasteiger charge is 2.21. The standard InChI is InChI=1S/C25H33N3O2/c1-19-4-6-23(20(2)14-19)17-26(3)25(29)18-28-11-9-27(10-12-28)16-21-5-7-24-22(15-21)8-13-30-24/h4-7,14-15H,8-13,16-18H2,1-3H3. The number of carbonyl (C=O) groups excluding carboxylic acids is 1. The van der Waals surface area contributed by atoms with Gasteiger partial charge in [0, 0.05) is 52.7 Å². The van der Waals surface area contributed by atoms with E-state index in [4.69, 9.17) is 4.74 Å². The number of ether oxygens (including phenoxy) is 1. The third-order valence-corrected chi connectivity index (χ3v) is 6.32. The highest BCUT2D eigenvalue weighted by Crippen LogP contribution is 2.26. The Morgan fingerprint density at radius 1 is 1.03 bits per heavy atom. The molecule has 0 unspecified atom stereocenters. The van der Waals surface area contributed by atoms with Gasteiger partial charge < -0.3 is 9.64 Å². The predicted octanol–water partition coefficient (Wildman–Crippen LogP) is 3.01. The van der Waals surface area contributed by atoms with Crippen molar-refractivity contribution in [2.24, 2.45) is 0 Å². The Kier molecular flexibility index (Phi) is 6.40. The lowest BCUT2D eigenvalue weighted by atomic mass is 10.1. The topological polar surface area (TPSA) is 36.0 Å². The Balaban J connectivity index is 1.23. The first-order valence-electron chi connectivity index (χ1n) is 11.0. The molecule has 0 saturated carbocycles. The van der Waals surface area contributed by atoms with Crippen molar-refractivity contribution in [1.82, 2.24) is 14.7 Å². The SMILES string of the molecule is Cc1ccc(CN(C)C(=O)CN2CCN(Cc3ccc4c(c3)CCO4)CC2)c(C)c1. The Labute approximate surface area is 180 Å². The number of nitrogens with zero attached hydrogens (tertiary/aromatic N) is 3. The number of rotatable bonds is 6. The quantitative estimate of drug-likeness (QED) is 0.738. The van der Waals surface area contributed by atoms with Crippen LogP contribution in [0.2, 0.25) is 0 Å². The van der Waals surface area contributed by atoms with Gasteiger partial charge in [-0.25, -0.2) is 0 Å². The summed E-state index contributed by atoms with van der Waals surface area (Å²) in [6.45, 7) is 11.1. The Morgan fingerprint density at radius 3 is 2.57 bits per heavy atom. The smallest absolute Gasteiger partial charge is 0.236 e. The van der Waals surface area contributed by atoms with Gasteiger partial charge in [0.15, 0.2) is 0 Å². The van der Waals surface area contributed by atoms with E-state index in [0.29, 0.717) is 13.1 Å². The zero-order valence-electron chi connectivity index (χ0n) is 18.5. The molecule has 2 aliphatic heterocycles. The highest BCUT2D eigenvalue weighted by molar-refractivity contribution is 5.78. The highest BCUT2D eigenvalue weighted by atomic mass is 16.5. The second-order valence-corrected chi connectivity index (χ2v) is 8.77. The number of likely N-dealkylation sites (N-methyl/N-ethyl adjacent to an activating group) is 1. The summed E-state index contributed by atoms with van der Waals surface area (Å²) < 4.78 is 5.61. The summed E-state index contributed by atoms with van der Waals surface area (Å²) in [5.74, 6) is 1.24. The van der Waals surface area contributed by atoms with E-state index in [2.05, 4.69) is 60.0 Å². The molecule has 1 saturated heterocycles. The Hall–Kier alpha value is -2.37. The van der Waals surface area contributed by atoms with Gasteiger partial charge in [-0.1, -0.05) is 35.9 Å². The summed E-state index contributed by atoms with van der Waals surface area (Å²) >= 11 is 0. The van der Waals surface area contributed by atoms with Gasteiger partial charge in [0.25, 0.3) is 0 Å². The molecule has 1 amide bonds.